The minimum Gasteiger partial charge on any atom is -0.444 e. The number of nitrogens with one attached hydrogen (secondary N) is 1. The van der Waals surface area contributed by atoms with Crippen LogP contribution in [0.15, 0.2) is 24.3 Å². The van der Waals surface area contributed by atoms with Gasteiger partial charge in [0.05, 0.1) is 6.54 Å². The molecule has 1 N–H and O–H groups in total. The van der Waals surface area contributed by atoms with E-state index in [1.165, 1.54) is 0 Å². The van der Waals surface area contributed by atoms with Gasteiger partial charge in [-0.25, -0.2) is 4.79 Å². The molecule has 1 heterocycles. The van der Waals surface area contributed by atoms with Crippen LogP contribution < -0.4 is 5.32 Å². The zero-order valence-electron chi connectivity index (χ0n) is 15.2. The molecular weight excluding hydrogens is 433 g/mol. The SMILES string of the molecule is C[C@H]1CN(C(=O)OC(C)(C)C)CCN1CC(=O)Nc1cccc(I)c1. The molecule has 7 heteroatoms. The Balaban J connectivity index is 1.85. The second-order valence-corrected chi connectivity index (χ2v) is 8.55. The molecule has 1 aromatic carbocycles. The molecule has 1 aliphatic rings. The van der Waals surface area contributed by atoms with Gasteiger partial charge in [0.25, 0.3) is 0 Å². The van der Waals surface area contributed by atoms with Crippen molar-refractivity contribution < 1.29 is 14.3 Å². The third-order valence-corrected chi connectivity index (χ3v) is 4.54. The van der Waals surface area contributed by atoms with Crippen molar-refractivity contribution >= 4 is 40.3 Å². The Kier molecular flexibility index (Phi) is 6.67. The number of carbonyl (C=O) groups excluding carboxylic acids is 2. The molecule has 1 saturated heterocycles. The molecule has 1 aromatic rings. The summed E-state index contributed by atoms with van der Waals surface area (Å²) in [4.78, 5) is 28.2. The van der Waals surface area contributed by atoms with E-state index in [1.807, 2.05) is 52.0 Å². The van der Waals surface area contributed by atoms with E-state index >= 15 is 0 Å². The smallest absolute Gasteiger partial charge is 0.410 e. The predicted molar refractivity (Wildman–Crippen MR) is 107 cm³/mol. The highest BCUT2D eigenvalue weighted by Crippen LogP contribution is 2.16. The van der Waals surface area contributed by atoms with Crippen molar-refractivity contribution in [3.63, 3.8) is 0 Å². The van der Waals surface area contributed by atoms with Crippen LogP contribution in [0.4, 0.5) is 10.5 Å². The van der Waals surface area contributed by atoms with Crippen LogP contribution in [0.1, 0.15) is 27.7 Å². The Morgan fingerprint density at radius 3 is 2.64 bits per heavy atom. The highest BCUT2D eigenvalue weighted by atomic mass is 127. The normalized spacial score (nSPS) is 18.8. The Morgan fingerprint density at radius 1 is 1.32 bits per heavy atom. The van der Waals surface area contributed by atoms with Crippen molar-refractivity contribution in [3.05, 3.63) is 27.8 Å². The number of ether oxygens (including phenoxy) is 1. The van der Waals surface area contributed by atoms with Crippen molar-refractivity contribution in [1.29, 1.82) is 0 Å². The van der Waals surface area contributed by atoms with Gasteiger partial charge in [0.1, 0.15) is 5.60 Å². The Labute approximate surface area is 163 Å². The molecule has 2 rings (SSSR count). The first-order valence-corrected chi connectivity index (χ1v) is 9.49. The number of nitrogens with zero attached hydrogens (tertiary/aromatic N) is 2. The lowest BCUT2D eigenvalue weighted by Gasteiger charge is -2.39. The van der Waals surface area contributed by atoms with E-state index in [0.717, 1.165) is 9.26 Å². The minimum atomic E-state index is -0.495. The van der Waals surface area contributed by atoms with Gasteiger partial charge in [0.15, 0.2) is 0 Å². The maximum absolute atomic E-state index is 12.3. The summed E-state index contributed by atoms with van der Waals surface area (Å²) in [5.41, 5.74) is 0.307. The lowest BCUT2D eigenvalue weighted by molar-refractivity contribution is -0.118. The van der Waals surface area contributed by atoms with E-state index in [-0.39, 0.29) is 18.0 Å². The molecule has 25 heavy (non-hydrogen) atoms. The van der Waals surface area contributed by atoms with E-state index < -0.39 is 5.60 Å². The summed E-state index contributed by atoms with van der Waals surface area (Å²) in [6.45, 7) is 9.70. The Morgan fingerprint density at radius 2 is 2.04 bits per heavy atom. The largest absolute Gasteiger partial charge is 0.444 e. The van der Waals surface area contributed by atoms with Crippen molar-refractivity contribution in [3.8, 4) is 0 Å². The first-order valence-electron chi connectivity index (χ1n) is 8.41. The zero-order chi connectivity index (χ0) is 18.6. The van der Waals surface area contributed by atoms with Gasteiger partial charge in [-0.1, -0.05) is 6.07 Å². The van der Waals surface area contributed by atoms with E-state index in [1.54, 1.807) is 4.90 Å². The molecule has 1 aliphatic heterocycles. The molecule has 138 valence electrons. The summed E-state index contributed by atoms with van der Waals surface area (Å²) in [7, 11) is 0. The number of halogens is 1. The number of carbonyl (C=O) groups is 2. The van der Waals surface area contributed by atoms with Crippen LogP contribution in [0.25, 0.3) is 0 Å². The number of hydrogen-bond acceptors (Lipinski definition) is 4. The average Bonchev–Trinajstić information content (AvgIpc) is 2.47. The Bertz CT molecular complexity index is 630. The van der Waals surface area contributed by atoms with Gasteiger partial charge in [-0.2, -0.15) is 0 Å². The molecule has 0 bridgehead atoms. The van der Waals surface area contributed by atoms with Gasteiger partial charge in [-0.3, -0.25) is 9.69 Å². The fourth-order valence-corrected chi connectivity index (χ4v) is 3.22. The standard InChI is InChI=1S/C18H26IN3O3/c1-13-11-22(17(24)25-18(2,3)4)9-8-21(13)12-16(23)20-15-7-5-6-14(19)10-15/h5-7,10,13H,8-9,11-12H2,1-4H3,(H,20,23)/t13-/m0/s1. The van der Waals surface area contributed by atoms with Crippen LogP contribution in [0.2, 0.25) is 0 Å². The maximum atomic E-state index is 12.3. The number of rotatable bonds is 3. The second-order valence-electron chi connectivity index (χ2n) is 7.30. The number of amides is 2. The zero-order valence-corrected chi connectivity index (χ0v) is 17.4. The summed E-state index contributed by atoms with van der Waals surface area (Å²) in [6.07, 6.45) is -0.290. The second kappa shape index (κ2) is 8.35. The summed E-state index contributed by atoms with van der Waals surface area (Å²) in [6, 6.07) is 7.81. The van der Waals surface area contributed by atoms with Gasteiger partial charge in [-0.15, -0.1) is 0 Å². The van der Waals surface area contributed by atoms with Crippen LogP contribution in [0, 0.1) is 3.57 Å². The van der Waals surface area contributed by atoms with E-state index in [4.69, 9.17) is 4.74 Å². The first kappa shape index (κ1) is 20.0. The van der Waals surface area contributed by atoms with Crippen LogP contribution in [0.3, 0.4) is 0 Å². The molecule has 0 aliphatic carbocycles. The molecule has 6 nitrogen and oxygen atoms in total. The first-order chi connectivity index (χ1) is 11.6. The molecular formula is C18H26IN3O3. The summed E-state index contributed by atoms with van der Waals surface area (Å²) >= 11 is 2.22. The molecule has 1 atom stereocenters. The summed E-state index contributed by atoms with van der Waals surface area (Å²) < 4.78 is 6.50. The van der Waals surface area contributed by atoms with Crippen LogP contribution in [-0.4, -0.2) is 59.6 Å². The number of hydrogen-bond donors (Lipinski definition) is 1. The quantitative estimate of drug-likeness (QED) is 0.706. The molecule has 0 aromatic heterocycles. The monoisotopic (exact) mass is 459 g/mol. The molecule has 0 unspecified atom stereocenters. The van der Waals surface area contributed by atoms with Gasteiger partial charge in [-0.05, 0) is 68.5 Å². The fourth-order valence-electron chi connectivity index (χ4n) is 2.67. The highest BCUT2D eigenvalue weighted by molar-refractivity contribution is 14.1. The van der Waals surface area contributed by atoms with Gasteiger partial charge in [0.2, 0.25) is 5.91 Å². The third-order valence-electron chi connectivity index (χ3n) is 3.87. The number of benzene rings is 1. The summed E-state index contributed by atoms with van der Waals surface area (Å²) in [5.74, 6) is -0.0421. The van der Waals surface area contributed by atoms with E-state index in [0.29, 0.717) is 26.2 Å². The van der Waals surface area contributed by atoms with Crippen LogP contribution >= 0.6 is 22.6 Å². The lowest BCUT2D eigenvalue weighted by Crippen LogP contribution is -2.55. The van der Waals surface area contributed by atoms with Crippen molar-refractivity contribution in [1.82, 2.24) is 9.80 Å². The molecule has 0 radical (unpaired) electrons. The van der Waals surface area contributed by atoms with Crippen LogP contribution in [0.5, 0.6) is 0 Å². The van der Waals surface area contributed by atoms with E-state index in [9.17, 15) is 9.59 Å². The molecule has 0 saturated carbocycles. The van der Waals surface area contributed by atoms with Crippen molar-refractivity contribution in [2.24, 2.45) is 0 Å². The van der Waals surface area contributed by atoms with Crippen LogP contribution in [-0.2, 0) is 9.53 Å². The number of piperazine rings is 1. The molecule has 1 fully saturated rings. The highest BCUT2D eigenvalue weighted by Gasteiger charge is 2.30. The average molecular weight is 459 g/mol. The summed E-state index contributed by atoms with van der Waals surface area (Å²) in [5, 5.41) is 2.93. The predicted octanol–water partition coefficient (Wildman–Crippen LogP) is 3.17. The maximum Gasteiger partial charge on any atom is 0.410 e. The fraction of sp³-hybridized carbons (Fsp3) is 0.556. The van der Waals surface area contributed by atoms with Crippen molar-refractivity contribution in [2.45, 2.75) is 39.3 Å². The third kappa shape index (κ3) is 6.47. The van der Waals surface area contributed by atoms with Gasteiger partial charge >= 0.3 is 6.09 Å². The molecule has 0 spiro atoms. The number of anilines is 1. The van der Waals surface area contributed by atoms with Crippen molar-refractivity contribution in [2.75, 3.05) is 31.5 Å². The molecule has 2 amide bonds. The van der Waals surface area contributed by atoms with Gasteiger partial charge < -0.3 is 15.0 Å². The minimum absolute atomic E-state index is 0.0421. The van der Waals surface area contributed by atoms with Gasteiger partial charge in [0, 0.05) is 34.9 Å². The lowest BCUT2D eigenvalue weighted by atomic mass is 10.2. The van der Waals surface area contributed by atoms with E-state index in [2.05, 4.69) is 32.8 Å². The topological polar surface area (TPSA) is 61.9 Å². The Hall–Kier alpha value is -1.35.